The first kappa shape index (κ1) is 15.4. The van der Waals surface area contributed by atoms with Gasteiger partial charge >= 0.3 is 0 Å². The van der Waals surface area contributed by atoms with Crippen LogP contribution in [0.5, 0.6) is 0 Å². The number of hydrogen-bond acceptors (Lipinski definition) is 4. The lowest BCUT2D eigenvalue weighted by Gasteiger charge is -2.19. The molecule has 112 valence electrons. The summed E-state index contributed by atoms with van der Waals surface area (Å²) in [4.78, 5) is 11.9. The van der Waals surface area contributed by atoms with Gasteiger partial charge in [-0.05, 0) is 32.6 Å². The quantitative estimate of drug-likeness (QED) is 0.866. The van der Waals surface area contributed by atoms with E-state index in [1.54, 1.807) is 0 Å². The van der Waals surface area contributed by atoms with Crippen LogP contribution in [0, 0.1) is 12.8 Å². The van der Waals surface area contributed by atoms with Gasteiger partial charge in [0.1, 0.15) is 10.7 Å². The van der Waals surface area contributed by atoms with Gasteiger partial charge in [-0.3, -0.25) is 4.79 Å². The average Bonchev–Trinajstić information content (AvgIpc) is 2.95. The van der Waals surface area contributed by atoms with Gasteiger partial charge in [-0.15, -0.1) is 0 Å². The first-order valence-corrected chi connectivity index (χ1v) is 8.96. The second-order valence-electron chi connectivity index (χ2n) is 5.28. The fraction of sp³-hybridized carbons (Fsp3) is 0.615. The van der Waals surface area contributed by atoms with E-state index < -0.39 is 15.0 Å². The molecule has 1 amide bonds. The van der Waals surface area contributed by atoms with E-state index >= 15 is 0 Å². The normalized spacial score (nSPS) is 18.1. The molecule has 1 aliphatic carbocycles. The van der Waals surface area contributed by atoms with E-state index in [1.165, 1.54) is 25.8 Å². The van der Waals surface area contributed by atoms with Crippen molar-refractivity contribution < 1.29 is 17.6 Å². The van der Waals surface area contributed by atoms with Gasteiger partial charge in [0.15, 0.2) is 5.76 Å². The average molecular weight is 320 g/mol. The number of amides is 1. The summed E-state index contributed by atoms with van der Waals surface area (Å²) in [5.74, 6) is 0.176. The summed E-state index contributed by atoms with van der Waals surface area (Å²) in [5, 5.41) is 2.86. The Hall–Kier alpha value is -1.01. The van der Waals surface area contributed by atoms with Crippen molar-refractivity contribution in [2.24, 2.45) is 5.92 Å². The van der Waals surface area contributed by atoms with Crippen molar-refractivity contribution in [1.29, 1.82) is 0 Å². The van der Waals surface area contributed by atoms with E-state index in [0.717, 1.165) is 12.8 Å². The monoisotopic (exact) mass is 319 g/mol. The zero-order valence-corrected chi connectivity index (χ0v) is 13.1. The Labute approximate surface area is 123 Å². The van der Waals surface area contributed by atoms with Crippen LogP contribution >= 0.6 is 10.7 Å². The largest absolute Gasteiger partial charge is 0.455 e. The second kappa shape index (κ2) is 5.77. The molecule has 1 aromatic heterocycles. The van der Waals surface area contributed by atoms with Crippen LogP contribution in [0.25, 0.3) is 0 Å². The van der Waals surface area contributed by atoms with E-state index in [2.05, 4.69) is 5.32 Å². The fourth-order valence-corrected chi connectivity index (χ4v) is 3.76. The van der Waals surface area contributed by atoms with Gasteiger partial charge in [0.05, 0.1) is 0 Å². The molecule has 1 fully saturated rings. The maximum atomic E-state index is 12.1. The third-order valence-electron chi connectivity index (χ3n) is 3.82. The van der Waals surface area contributed by atoms with Gasteiger partial charge in [0, 0.05) is 22.8 Å². The van der Waals surface area contributed by atoms with E-state index in [0.29, 0.717) is 5.92 Å². The molecule has 1 aromatic rings. The Morgan fingerprint density at radius 1 is 1.45 bits per heavy atom. The summed E-state index contributed by atoms with van der Waals surface area (Å²) in [5.41, 5.74) is 0. The lowest BCUT2D eigenvalue weighted by atomic mass is 10.00. The SMILES string of the molecule is Cc1oc(C(=O)NC(C)C2CCCC2)cc1S(=O)(=O)Cl. The van der Waals surface area contributed by atoms with Crippen molar-refractivity contribution in [3.8, 4) is 0 Å². The van der Waals surface area contributed by atoms with Gasteiger partial charge in [-0.2, -0.15) is 0 Å². The van der Waals surface area contributed by atoms with E-state index in [9.17, 15) is 13.2 Å². The molecule has 5 nitrogen and oxygen atoms in total. The minimum absolute atomic E-state index is 0.0217. The summed E-state index contributed by atoms with van der Waals surface area (Å²) in [6, 6.07) is 1.22. The lowest BCUT2D eigenvalue weighted by Crippen LogP contribution is -2.37. The Morgan fingerprint density at radius 2 is 2.05 bits per heavy atom. The van der Waals surface area contributed by atoms with Crippen molar-refractivity contribution in [2.75, 3.05) is 0 Å². The molecule has 0 spiro atoms. The van der Waals surface area contributed by atoms with Gasteiger partial charge < -0.3 is 9.73 Å². The fourth-order valence-electron chi connectivity index (χ4n) is 2.67. The van der Waals surface area contributed by atoms with Crippen LogP contribution < -0.4 is 5.32 Å². The molecule has 1 unspecified atom stereocenters. The first-order valence-electron chi connectivity index (χ1n) is 6.65. The van der Waals surface area contributed by atoms with E-state index in [1.807, 2.05) is 6.92 Å². The summed E-state index contributed by atoms with van der Waals surface area (Å²) >= 11 is 0. The maximum absolute atomic E-state index is 12.1. The first-order chi connectivity index (χ1) is 9.29. The predicted molar refractivity (Wildman–Crippen MR) is 75.4 cm³/mol. The Balaban J connectivity index is 2.10. The van der Waals surface area contributed by atoms with Crippen LogP contribution in [0.3, 0.4) is 0 Å². The summed E-state index contributed by atoms with van der Waals surface area (Å²) in [6.45, 7) is 3.43. The van der Waals surface area contributed by atoms with Crippen molar-refractivity contribution in [1.82, 2.24) is 5.32 Å². The minimum Gasteiger partial charge on any atom is -0.455 e. The minimum atomic E-state index is -3.89. The van der Waals surface area contributed by atoms with Gasteiger partial charge in [-0.25, -0.2) is 8.42 Å². The summed E-state index contributed by atoms with van der Waals surface area (Å²) in [7, 11) is 1.38. The Bertz CT molecular complexity index is 602. The van der Waals surface area contributed by atoms with Gasteiger partial charge in [0.2, 0.25) is 0 Å². The highest BCUT2D eigenvalue weighted by molar-refractivity contribution is 8.13. The van der Waals surface area contributed by atoms with Crippen LogP contribution in [-0.2, 0) is 9.05 Å². The number of furan rings is 1. The van der Waals surface area contributed by atoms with E-state index in [-0.39, 0.29) is 22.5 Å². The standard InChI is InChI=1S/C13H18ClNO4S/c1-8(10-5-3-4-6-10)15-13(16)11-7-12(9(2)19-11)20(14,17)18/h7-8,10H,3-6H2,1-2H3,(H,15,16). The van der Waals surface area contributed by atoms with Crippen LogP contribution in [0.2, 0.25) is 0 Å². The van der Waals surface area contributed by atoms with Gasteiger partial charge in [0.25, 0.3) is 15.0 Å². The number of carbonyl (C=O) groups excluding carboxylic acids is 1. The molecule has 1 aliphatic rings. The highest BCUT2D eigenvalue weighted by atomic mass is 35.7. The van der Waals surface area contributed by atoms with Crippen molar-refractivity contribution >= 4 is 25.6 Å². The third-order valence-corrected chi connectivity index (χ3v) is 5.25. The molecular formula is C13H18ClNO4S. The van der Waals surface area contributed by atoms with Gasteiger partial charge in [-0.1, -0.05) is 12.8 Å². The van der Waals surface area contributed by atoms with Crippen LogP contribution in [0.4, 0.5) is 0 Å². The highest BCUT2D eigenvalue weighted by Crippen LogP contribution is 2.28. The molecule has 2 rings (SSSR count). The molecule has 1 N–H and O–H groups in total. The molecule has 1 heterocycles. The predicted octanol–water partition coefficient (Wildman–Crippen LogP) is 2.82. The number of carbonyl (C=O) groups is 1. The zero-order chi connectivity index (χ0) is 14.9. The Kier molecular flexibility index (Phi) is 4.44. The topological polar surface area (TPSA) is 76.4 Å². The number of halogens is 1. The molecule has 0 aliphatic heterocycles. The zero-order valence-electron chi connectivity index (χ0n) is 11.5. The summed E-state index contributed by atoms with van der Waals surface area (Å²) < 4.78 is 27.8. The number of hydrogen-bond donors (Lipinski definition) is 1. The molecule has 0 saturated heterocycles. The summed E-state index contributed by atoms with van der Waals surface area (Å²) in [6.07, 6.45) is 4.61. The molecular weight excluding hydrogens is 302 g/mol. The number of rotatable bonds is 4. The molecule has 1 atom stereocenters. The molecule has 20 heavy (non-hydrogen) atoms. The Morgan fingerprint density at radius 3 is 2.55 bits per heavy atom. The second-order valence-corrected chi connectivity index (χ2v) is 7.81. The lowest BCUT2D eigenvalue weighted by molar-refractivity contribution is 0.0897. The van der Waals surface area contributed by atoms with Crippen molar-refractivity contribution in [3.05, 3.63) is 17.6 Å². The van der Waals surface area contributed by atoms with Crippen LogP contribution in [0.15, 0.2) is 15.4 Å². The highest BCUT2D eigenvalue weighted by Gasteiger charge is 2.26. The number of nitrogens with one attached hydrogen (secondary N) is 1. The number of aryl methyl sites for hydroxylation is 1. The third kappa shape index (κ3) is 3.35. The molecule has 7 heteroatoms. The van der Waals surface area contributed by atoms with Crippen molar-refractivity contribution in [3.63, 3.8) is 0 Å². The van der Waals surface area contributed by atoms with Crippen molar-refractivity contribution in [2.45, 2.75) is 50.5 Å². The molecule has 1 saturated carbocycles. The molecule has 0 bridgehead atoms. The van der Waals surface area contributed by atoms with Crippen LogP contribution in [0.1, 0.15) is 48.9 Å². The smallest absolute Gasteiger partial charge is 0.287 e. The molecule has 0 radical (unpaired) electrons. The maximum Gasteiger partial charge on any atom is 0.287 e. The van der Waals surface area contributed by atoms with Crippen LogP contribution in [-0.4, -0.2) is 20.4 Å². The van der Waals surface area contributed by atoms with E-state index in [4.69, 9.17) is 15.1 Å². The molecule has 0 aromatic carbocycles.